The van der Waals surface area contributed by atoms with Crippen LogP contribution < -0.4 is 4.74 Å². The molecule has 0 atom stereocenters. The summed E-state index contributed by atoms with van der Waals surface area (Å²) in [7, 11) is 0. The molecule has 2 aromatic carbocycles. The number of morpholine rings is 1. The lowest BCUT2D eigenvalue weighted by atomic mass is 9.93. The van der Waals surface area contributed by atoms with Crippen molar-refractivity contribution in [3.8, 4) is 23.3 Å². The first-order valence-corrected chi connectivity index (χ1v) is 13.1. The summed E-state index contributed by atoms with van der Waals surface area (Å²) in [5.74, 6) is 7.59. The highest BCUT2D eigenvalue weighted by Gasteiger charge is 2.20. The van der Waals surface area contributed by atoms with E-state index < -0.39 is 0 Å². The molecule has 2 heterocycles. The minimum atomic E-state index is -0.136. The molecule has 4 rings (SSSR count). The Bertz CT molecular complexity index is 1270. The van der Waals surface area contributed by atoms with Gasteiger partial charge in [-0.3, -0.25) is 9.69 Å². The molecule has 0 bridgehead atoms. The summed E-state index contributed by atoms with van der Waals surface area (Å²) in [4.78, 5) is 14.9. The third-order valence-corrected chi connectivity index (χ3v) is 6.32. The van der Waals surface area contributed by atoms with Gasteiger partial charge in [-0.2, -0.15) is 0 Å². The van der Waals surface area contributed by atoms with Gasteiger partial charge in [-0.25, -0.2) is 0 Å². The minimum Gasteiger partial charge on any atom is -0.504 e. The van der Waals surface area contributed by atoms with E-state index in [1.54, 1.807) is 12.1 Å². The molecule has 200 valence electrons. The Morgan fingerprint density at radius 2 is 1.74 bits per heavy atom. The molecule has 1 aliphatic heterocycles. The molecule has 0 spiro atoms. The van der Waals surface area contributed by atoms with Gasteiger partial charge in [-0.05, 0) is 42.3 Å². The van der Waals surface area contributed by atoms with E-state index in [4.69, 9.17) is 14.0 Å². The van der Waals surface area contributed by atoms with E-state index in [9.17, 15) is 9.90 Å². The number of rotatable bonds is 9. The van der Waals surface area contributed by atoms with E-state index in [1.807, 2.05) is 57.2 Å². The van der Waals surface area contributed by atoms with Crippen LogP contribution in [-0.4, -0.2) is 60.4 Å². The maximum absolute atomic E-state index is 12.5. The molecule has 7 nitrogen and oxygen atoms in total. The third-order valence-electron chi connectivity index (χ3n) is 6.32. The van der Waals surface area contributed by atoms with Gasteiger partial charge in [0.15, 0.2) is 11.5 Å². The van der Waals surface area contributed by atoms with Gasteiger partial charge in [0.25, 0.3) is 0 Å². The second kappa shape index (κ2) is 12.8. The SMILES string of the molecule is CC(C)(C)c1cc(CC(=O)Cc2ccc(C#Cc3ccc(OCCCN4CCOCC4)c(O)c3)cc2)no1. The maximum atomic E-state index is 12.5. The number of benzene rings is 2. The number of Topliss-reactive ketones (excluding diaryl/α,β-unsaturated/α-hetero) is 1. The smallest absolute Gasteiger partial charge is 0.160 e. The van der Waals surface area contributed by atoms with E-state index >= 15 is 0 Å². The lowest BCUT2D eigenvalue weighted by Gasteiger charge is -2.26. The molecule has 0 unspecified atom stereocenters. The molecule has 0 saturated carbocycles. The van der Waals surface area contributed by atoms with E-state index in [2.05, 4.69) is 21.9 Å². The molecular formula is C31H36N2O5. The van der Waals surface area contributed by atoms with Crippen molar-refractivity contribution in [1.82, 2.24) is 10.1 Å². The van der Waals surface area contributed by atoms with Crippen LogP contribution in [0.25, 0.3) is 0 Å². The summed E-state index contributed by atoms with van der Waals surface area (Å²) in [6, 6.07) is 14.7. The Morgan fingerprint density at radius 1 is 1.03 bits per heavy atom. The number of aromatic nitrogens is 1. The number of nitrogens with zero attached hydrogens (tertiary/aromatic N) is 2. The number of hydrogen-bond acceptors (Lipinski definition) is 7. The number of carbonyl (C=O) groups is 1. The summed E-state index contributed by atoms with van der Waals surface area (Å²) in [6.07, 6.45) is 1.46. The van der Waals surface area contributed by atoms with Crippen LogP contribution in [0.3, 0.4) is 0 Å². The standard InChI is InChI=1S/C31H36N2O5/c1-31(2,3)30-22-26(32-38-30)21-27(34)19-24-8-5-23(6-9-24)7-10-25-11-12-29(28(35)20-25)37-16-4-13-33-14-17-36-18-15-33/h5-6,8-9,11-12,20,22,35H,4,13-19,21H2,1-3H3. The van der Waals surface area contributed by atoms with E-state index in [0.29, 0.717) is 30.0 Å². The lowest BCUT2D eigenvalue weighted by Crippen LogP contribution is -2.37. The number of ketones is 1. The Hall–Kier alpha value is -3.60. The van der Waals surface area contributed by atoms with Gasteiger partial charge in [-0.1, -0.05) is 49.9 Å². The Balaban J connectivity index is 1.24. The van der Waals surface area contributed by atoms with Crippen molar-refractivity contribution in [2.75, 3.05) is 39.5 Å². The Labute approximate surface area is 224 Å². The predicted molar refractivity (Wildman–Crippen MR) is 146 cm³/mol. The zero-order valence-electron chi connectivity index (χ0n) is 22.5. The quantitative estimate of drug-likeness (QED) is 0.330. The molecular weight excluding hydrogens is 480 g/mol. The van der Waals surface area contributed by atoms with Gasteiger partial charge >= 0.3 is 0 Å². The van der Waals surface area contributed by atoms with Crippen molar-refractivity contribution < 1.29 is 23.9 Å². The van der Waals surface area contributed by atoms with E-state index in [-0.39, 0.29) is 23.4 Å². The summed E-state index contributed by atoms with van der Waals surface area (Å²) in [5, 5.41) is 14.4. The molecule has 0 aliphatic carbocycles. The minimum absolute atomic E-state index is 0.0801. The van der Waals surface area contributed by atoms with Crippen molar-refractivity contribution in [1.29, 1.82) is 0 Å². The highest BCUT2D eigenvalue weighted by molar-refractivity contribution is 5.82. The fourth-order valence-corrected chi connectivity index (χ4v) is 4.10. The van der Waals surface area contributed by atoms with Crippen molar-refractivity contribution >= 4 is 5.78 Å². The fraction of sp³-hybridized carbons (Fsp3) is 0.419. The van der Waals surface area contributed by atoms with Crippen LogP contribution in [0.15, 0.2) is 53.1 Å². The van der Waals surface area contributed by atoms with E-state index in [0.717, 1.165) is 56.2 Å². The van der Waals surface area contributed by atoms with Crippen LogP contribution in [0, 0.1) is 11.8 Å². The zero-order chi connectivity index (χ0) is 27.0. The van der Waals surface area contributed by atoms with Crippen LogP contribution in [0.4, 0.5) is 0 Å². The highest BCUT2D eigenvalue weighted by Crippen LogP contribution is 2.27. The predicted octanol–water partition coefficient (Wildman–Crippen LogP) is 4.53. The van der Waals surface area contributed by atoms with Crippen molar-refractivity contribution in [3.05, 3.63) is 76.7 Å². The van der Waals surface area contributed by atoms with Gasteiger partial charge in [0, 0.05) is 48.7 Å². The summed E-state index contributed by atoms with van der Waals surface area (Å²) >= 11 is 0. The van der Waals surface area contributed by atoms with Crippen molar-refractivity contribution in [2.24, 2.45) is 0 Å². The van der Waals surface area contributed by atoms with Gasteiger partial charge < -0.3 is 19.1 Å². The first-order chi connectivity index (χ1) is 18.3. The molecule has 1 aliphatic rings. The fourth-order valence-electron chi connectivity index (χ4n) is 4.10. The summed E-state index contributed by atoms with van der Waals surface area (Å²) < 4.78 is 16.5. The number of hydrogen-bond donors (Lipinski definition) is 1. The van der Waals surface area contributed by atoms with Crippen LogP contribution in [0.1, 0.15) is 55.3 Å². The van der Waals surface area contributed by atoms with Gasteiger partial charge in [0.1, 0.15) is 11.5 Å². The topological polar surface area (TPSA) is 85.0 Å². The molecule has 38 heavy (non-hydrogen) atoms. The molecule has 7 heteroatoms. The first kappa shape index (κ1) is 27.4. The van der Waals surface area contributed by atoms with Gasteiger partial charge in [0.05, 0.1) is 31.9 Å². The lowest BCUT2D eigenvalue weighted by molar-refractivity contribution is -0.117. The molecule has 1 aromatic heterocycles. The Morgan fingerprint density at radius 3 is 2.42 bits per heavy atom. The van der Waals surface area contributed by atoms with Gasteiger partial charge in [0.2, 0.25) is 0 Å². The summed E-state index contributed by atoms with van der Waals surface area (Å²) in [6.45, 7) is 11.1. The summed E-state index contributed by atoms with van der Waals surface area (Å²) in [5.41, 5.74) is 2.98. The highest BCUT2D eigenvalue weighted by atomic mass is 16.5. The molecule has 1 saturated heterocycles. The monoisotopic (exact) mass is 516 g/mol. The van der Waals surface area contributed by atoms with Crippen molar-refractivity contribution in [3.63, 3.8) is 0 Å². The number of aromatic hydroxyl groups is 1. The van der Waals surface area contributed by atoms with Crippen LogP contribution in [0.5, 0.6) is 11.5 Å². The second-order valence-electron chi connectivity index (χ2n) is 10.6. The van der Waals surface area contributed by atoms with Crippen LogP contribution >= 0.6 is 0 Å². The second-order valence-corrected chi connectivity index (χ2v) is 10.6. The first-order valence-electron chi connectivity index (χ1n) is 13.1. The Kier molecular flexibility index (Phi) is 9.22. The van der Waals surface area contributed by atoms with Gasteiger partial charge in [-0.15, -0.1) is 0 Å². The molecule has 1 N–H and O–H groups in total. The van der Waals surface area contributed by atoms with Crippen LogP contribution in [0.2, 0.25) is 0 Å². The third kappa shape index (κ3) is 8.20. The average Bonchev–Trinajstić information content (AvgIpc) is 3.37. The largest absolute Gasteiger partial charge is 0.504 e. The normalized spacial score (nSPS) is 14.1. The molecule has 0 amide bonds. The zero-order valence-corrected chi connectivity index (χ0v) is 22.5. The number of phenols is 1. The van der Waals surface area contributed by atoms with Crippen LogP contribution in [-0.2, 0) is 27.8 Å². The molecule has 0 radical (unpaired) electrons. The maximum Gasteiger partial charge on any atom is 0.160 e. The van der Waals surface area contributed by atoms with Crippen molar-refractivity contribution in [2.45, 2.75) is 45.4 Å². The average molecular weight is 517 g/mol. The number of phenolic OH excluding ortho intramolecular Hbond substituents is 1. The number of ether oxygens (including phenoxy) is 2. The molecule has 3 aromatic rings. The molecule has 1 fully saturated rings. The van der Waals surface area contributed by atoms with E-state index in [1.165, 1.54) is 0 Å². The number of carbonyl (C=O) groups excluding carboxylic acids is 1.